The van der Waals surface area contributed by atoms with Crippen LogP contribution < -0.4 is 0 Å². The molecule has 2 aliphatic rings. The second-order valence-corrected chi connectivity index (χ2v) is 6.45. The molecule has 21 heavy (non-hydrogen) atoms. The zero-order valence-electron chi connectivity index (χ0n) is 13.4. The quantitative estimate of drug-likeness (QED) is 0.922. The minimum absolute atomic E-state index is 0.414. The highest BCUT2D eigenvalue weighted by molar-refractivity contribution is 5.38. The molecule has 3 rings (SSSR count). The van der Waals surface area contributed by atoms with E-state index < -0.39 is 0 Å². The third kappa shape index (κ3) is 2.95. The van der Waals surface area contributed by atoms with E-state index in [9.17, 15) is 5.11 Å². The standard InChI is InChI=1S/C18H28N2O/c1-3-19(4-2)15-10-11-20(13-15)18-7-5-6-14-12-16(21)8-9-17(14)18/h8-9,12,15,18,21H,3-7,10-11,13H2,1-2H3. The molecule has 0 aromatic heterocycles. The third-order valence-electron chi connectivity index (χ3n) is 5.37. The molecular formula is C18H28N2O. The van der Waals surface area contributed by atoms with Gasteiger partial charge in [0.15, 0.2) is 0 Å². The SMILES string of the molecule is CCN(CC)C1CCN(C2CCCc3cc(O)ccc32)C1. The summed E-state index contributed by atoms with van der Waals surface area (Å²) in [6, 6.07) is 7.27. The fourth-order valence-electron chi connectivity index (χ4n) is 4.24. The lowest BCUT2D eigenvalue weighted by Gasteiger charge is -2.34. The molecule has 1 heterocycles. The molecule has 1 aliphatic carbocycles. The van der Waals surface area contributed by atoms with Crippen LogP contribution in [0.4, 0.5) is 0 Å². The van der Waals surface area contributed by atoms with E-state index in [1.807, 2.05) is 12.1 Å². The van der Waals surface area contributed by atoms with Crippen molar-refractivity contribution in [3.05, 3.63) is 29.3 Å². The Morgan fingerprint density at radius 3 is 2.81 bits per heavy atom. The van der Waals surface area contributed by atoms with Gasteiger partial charge in [-0.05, 0) is 62.0 Å². The van der Waals surface area contributed by atoms with E-state index >= 15 is 0 Å². The van der Waals surface area contributed by atoms with Gasteiger partial charge in [0.05, 0.1) is 0 Å². The average molecular weight is 288 g/mol. The Morgan fingerprint density at radius 1 is 1.24 bits per heavy atom. The highest BCUT2D eigenvalue weighted by Crippen LogP contribution is 2.37. The van der Waals surface area contributed by atoms with E-state index in [-0.39, 0.29) is 0 Å². The summed E-state index contributed by atoms with van der Waals surface area (Å²) in [6.45, 7) is 9.27. The van der Waals surface area contributed by atoms with Gasteiger partial charge >= 0.3 is 0 Å². The molecule has 1 aromatic carbocycles. The van der Waals surface area contributed by atoms with Crippen molar-refractivity contribution >= 4 is 0 Å². The molecule has 0 bridgehead atoms. The van der Waals surface area contributed by atoms with E-state index in [1.54, 1.807) is 0 Å². The first-order valence-corrected chi connectivity index (χ1v) is 8.52. The van der Waals surface area contributed by atoms with Crippen molar-refractivity contribution in [1.82, 2.24) is 9.80 Å². The predicted molar refractivity (Wildman–Crippen MR) is 86.7 cm³/mol. The summed E-state index contributed by atoms with van der Waals surface area (Å²) in [5.74, 6) is 0.414. The van der Waals surface area contributed by atoms with Crippen molar-refractivity contribution in [2.24, 2.45) is 0 Å². The number of likely N-dealkylation sites (N-methyl/N-ethyl adjacent to an activating group) is 1. The Kier molecular flexibility index (Phi) is 4.51. The normalized spacial score (nSPS) is 26.2. The minimum atomic E-state index is 0.414. The minimum Gasteiger partial charge on any atom is -0.508 e. The van der Waals surface area contributed by atoms with Gasteiger partial charge in [-0.2, -0.15) is 0 Å². The molecule has 1 aromatic rings. The zero-order valence-corrected chi connectivity index (χ0v) is 13.4. The van der Waals surface area contributed by atoms with Crippen LogP contribution >= 0.6 is 0 Å². The molecule has 1 N–H and O–H groups in total. The maximum Gasteiger partial charge on any atom is 0.115 e. The summed E-state index contributed by atoms with van der Waals surface area (Å²) in [4.78, 5) is 5.28. The maximum absolute atomic E-state index is 9.70. The molecule has 0 radical (unpaired) electrons. The Balaban J connectivity index is 1.75. The number of phenols is 1. The number of rotatable bonds is 4. The van der Waals surface area contributed by atoms with Gasteiger partial charge in [0.2, 0.25) is 0 Å². The first-order valence-electron chi connectivity index (χ1n) is 8.52. The van der Waals surface area contributed by atoms with Gasteiger partial charge in [-0.25, -0.2) is 0 Å². The van der Waals surface area contributed by atoms with Gasteiger partial charge in [-0.1, -0.05) is 19.9 Å². The topological polar surface area (TPSA) is 26.7 Å². The number of hydrogen-bond acceptors (Lipinski definition) is 3. The van der Waals surface area contributed by atoms with Crippen LogP contribution in [0.25, 0.3) is 0 Å². The van der Waals surface area contributed by atoms with Gasteiger partial charge in [0, 0.05) is 25.2 Å². The number of benzene rings is 1. The number of hydrogen-bond donors (Lipinski definition) is 1. The lowest BCUT2D eigenvalue weighted by Crippen LogP contribution is -2.38. The third-order valence-corrected chi connectivity index (χ3v) is 5.37. The average Bonchev–Trinajstić information content (AvgIpc) is 2.97. The molecule has 1 fully saturated rings. The number of phenolic OH excluding ortho intramolecular Hbond substituents is 1. The Labute approximate surface area is 128 Å². The smallest absolute Gasteiger partial charge is 0.115 e. The van der Waals surface area contributed by atoms with Gasteiger partial charge in [-0.15, -0.1) is 0 Å². The summed E-state index contributed by atoms with van der Waals surface area (Å²) in [6.07, 6.45) is 4.93. The van der Waals surface area contributed by atoms with Crippen molar-refractivity contribution in [3.63, 3.8) is 0 Å². The van der Waals surface area contributed by atoms with Crippen molar-refractivity contribution in [2.45, 2.75) is 51.6 Å². The molecule has 2 atom stereocenters. The van der Waals surface area contributed by atoms with Gasteiger partial charge in [-0.3, -0.25) is 9.80 Å². The van der Waals surface area contributed by atoms with Crippen LogP contribution in [0.2, 0.25) is 0 Å². The number of aromatic hydroxyl groups is 1. The highest BCUT2D eigenvalue weighted by Gasteiger charge is 2.33. The lowest BCUT2D eigenvalue weighted by atomic mass is 9.87. The van der Waals surface area contributed by atoms with Crippen LogP contribution in [0.15, 0.2) is 18.2 Å². The first-order chi connectivity index (χ1) is 10.2. The van der Waals surface area contributed by atoms with E-state index in [2.05, 4.69) is 29.7 Å². The fraction of sp³-hybridized carbons (Fsp3) is 0.667. The second kappa shape index (κ2) is 6.37. The van der Waals surface area contributed by atoms with Crippen LogP contribution in [0.5, 0.6) is 5.75 Å². The van der Waals surface area contributed by atoms with E-state index in [0.717, 1.165) is 25.6 Å². The fourth-order valence-corrected chi connectivity index (χ4v) is 4.24. The Bertz CT molecular complexity index is 484. The lowest BCUT2D eigenvalue weighted by molar-refractivity contribution is 0.177. The monoisotopic (exact) mass is 288 g/mol. The summed E-state index contributed by atoms with van der Waals surface area (Å²) < 4.78 is 0. The molecule has 3 nitrogen and oxygen atoms in total. The molecule has 1 saturated heterocycles. The van der Waals surface area contributed by atoms with E-state index in [0.29, 0.717) is 11.8 Å². The summed E-state index contributed by atoms with van der Waals surface area (Å²) in [7, 11) is 0. The Morgan fingerprint density at radius 2 is 2.05 bits per heavy atom. The van der Waals surface area contributed by atoms with Crippen molar-refractivity contribution in [1.29, 1.82) is 0 Å². The summed E-state index contributed by atoms with van der Waals surface area (Å²) in [5, 5.41) is 9.70. The zero-order chi connectivity index (χ0) is 14.8. The van der Waals surface area contributed by atoms with Crippen molar-refractivity contribution in [2.75, 3.05) is 26.2 Å². The number of nitrogens with zero attached hydrogens (tertiary/aromatic N) is 2. The van der Waals surface area contributed by atoms with Gasteiger partial charge in [0.25, 0.3) is 0 Å². The first kappa shape index (κ1) is 14.9. The molecule has 0 spiro atoms. The number of aryl methyl sites for hydroxylation is 1. The van der Waals surface area contributed by atoms with E-state index in [4.69, 9.17) is 0 Å². The highest BCUT2D eigenvalue weighted by atomic mass is 16.3. The molecule has 3 heteroatoms. The number of likely N-dealkylation sites (tertiary alicyclic amines) is 1. The van der Waals surface area contributed by atoms with Gasteiger partial charge in [0.1, 0.15) is 5.75 Å². The van der Waals surface area contributed by atoms with Crippen molar-refractivity contribution < 1.29 is 5.11 Å². The molecular weight excluding hydrogens is 260 g/mol. The second-order valence-electron chi connectivity index (χ2n) is 6.45. The van der Waals surface area contributed by atoms with Crippen molar-refractivity contribution in [3.8, 4) is 5.75 Å². The van der Waals surface area contributed by atoms with Crippen LogP contribution in [0.1, 0.15) is 50.3 Å². The summed E-state index contributed by atoms with van der Waals surface area (Å²) >= 11 is 0. The number of fused-ring (bicyclic) bond motifs is 1. The van der Waals surface area contributed by atoms with Crippen LogP contribution in [-0.4, -0.2) is 47.1 Å². The Hall–Kier alpha value is -1.06. The molecule has 1 aliphatic heterocycles. The van der Waals surface area contributed by atoms with Crippen LogP contribution in [0.3, 0.4) is 0 Å². The maximum atomic E-state index is 9.70. The predicted octanol–water partition coefficient (Wildman–Crippen LogP) is 3.19. The summed E-state index contributed by atoms with van der Waals surface area (Å²) in [5.41, 5.74) is 2.82. The van der Waals surface area contributed by atoms with E-state index in [1.165, 1.54) is 43.5 Å². The van der Waals surface area contributed by atoms with Crippen LogP contribution in [-0.2, 0) is 6.42 Å². The molecule has 0 amide bonds. The molecule has 116 valence electrons. The van der Waals surface area contributed by atoms with Crippen LogP contribution in [0, 0.1) is 0 Å². The largest absolute Gasteiger partial charge is 0.508 e. The molecule has 2 unspecified atom stereocenters. The van der Waals surface area contributed by atoms with Gasteiger partial charge < -0.3 is 5.11 Å². The molecule has 0 saturated carbocycles.